The first-order chi connectivity index (χ1) is 15.0. The summed E-state index contributed by atoms with van der Waals surface area (Å²) in [5.41, 5.74) is 0. The molecule has 0 unspecified atom stereocenters. The molecule has 2 saturated carbocycles. The van der Waals surface area contributed by atoms with Crippen LogP contribution in [-0.2, 0) is 19.2 Å². The van der Waals surface area contributed by atoms with Crippen LogP contribution in [0.1, 0.15) is 32.6 Å². The second-order valence-electron chi connectivity index (χ2n) is 10.2. The molecule has 6 rings (SSSR count). The first kappa shape index (κ1) is 19.4. The Labute approximate surface area is 182 Å². The molecule has 4 fully saturated rings. The zero-order chi connectivity index (χ0) is 21.4. The fourth-order valence-electron chi connectivity index (χ4n) is 7.17. The van der Waals surface area contributed by atoms with Crippen molar-refractivity contribution in [2.75, 3.05) is 19.9 Å². The lowest BCUT2D eigenvalue weighted by Gasteiger charge is -2.31. The molecule has 0 N–H and O–H groups in total. The van der Waals surface area contributed by atoms with Crippen molar-refractivity contribution >= 4 is 23.6 Å². The van der Waals surface area contributed by atoms with Crippen molar-refractivity contribution in [1.82, 2.24) is 14.7 Å². The summed E-state index contributed by atoms with van der Waals surface area (Å²) in [4.78, 5) is 57.2. The maximum absolute atomic E-state index is 13.1. The smallest absolute Gasteiger partial charge is 0.234 e. The number of hydrogen-bond acceptors (Lipinski definition) is 5. The minimum atomic E-state index is -0.216. The van der Waals surface area contributed by atoms with E-state index in [2.05, 4.69) is 31.2 Å². The molecule has 8 atom stereocenters. The van der Waals surface area contributed by atoms with Gasteiger partial charge in [0, 0.05) is 6.54 Å². The van der Waals surface area contributed by atoms with Gasteiger partial charge in [0.2, 0.25) is 23.6 Å². The highest BCUT2D eigenvalue weighted by Crippen LogP contribution is 2.53. The molecule has 7 nitrogen and oxygen atoms in total. The average Bonchev–Trinajstić information content (AvgIpc) is 3.59. The predicted molar refractivity (Wildman–Crippen MR) is 110 cm³/mol. The van der Waals surface area contributed by atoms with E-state index in [0.29, 0.717) is 6.54 Å². The molecule has 0 radical (unpaired) electrons. The quantitative estimate of drug-likeness (QED) is 0.459. The van der Waals surface area contributed by atoms with Crippen LogP contribution in [0.3, 0.4) is 0 Å². The van der Waals surface area contributed by atoms with Gasteiger partial charge in [0.05, 0.1) is 37.0 Å². The van der Waals surface area contributed by atoms with Crippen LogP contribution in [0.4, 0.5) is 0 Å². The number of carbonyl (C=O) groups is 4. The van der Waals surface area contributed by atoms with Gasteiger partial charge in [-0.15, -0.1) is 0 Å². The van der Waals surface area contributed by atoms with Gasteiger partial charge in [-0.05, 0) is 42.9 Å². The van der Waals surface area contributed by atoms with Gasteiger partial charge in [-0.3, -0.25) is 33.9 Å². The highest BCUT2D eigenvalue weighted by Gasteiger charge is 2.61. The van der Waals surface area contributed by atoms with Crippen LogP contribution in [0.25, 0.3) is 0 Å². The molecule has 2 heterocycles. The van der Waals surface area contributed by atoms with E-state index >= 15 is 0 Å². The van der Waals surface area contributed by atoms with Gasteiger partial charge in [-0.1, -0.05) is 37.6 Å². The minimum Gasteiger partial charge on any atom is -0.274 e. The van der Waals surface area contributed by atoms with Gasteiger partial charge in [-0.2, -0.15) is 0 Å². The van der Waals surface area contributed by atoms with E-state index in [-0.39, 0.29) is 84.3 Å². The Morgan fingerprint density at radius 1 is 0.710 bits per heavy atom. The van der Waals surface area contributed by atoms with E-state index in [4.69, 9.17) is 0 Å². The van der Waals surface area contributed by atoms with Crippen LogP contribution in [-0.4, -0.2) is 58.2 Å². The second kappa shape index (κ2) is 6.86. The molecule has 0 aromatic carbocycles. The highest BCUT2D eigenvalue weighted by molar-refractivity contribution is 6.07. The van der Waals surface area contributed by atoms with Crippen molar-refractivity contribution in [3.63, 3.8) is 0 Å². The van der Waals surface area contributed by atoms with Crippen molar-refractivity contribution < 1.29 is 19.2 Å². The summed E-state index contributed by atoms with van der Waals surface area (Å²) in [6.45, 7) is 3.06. The molecule has 6 aliphatic rings. The normalized spacial score (nSPS) is 41.6. The number of likely N-dealkylation sites (tertiary alicyclic amines) is 2. The molecular weight excluding hydrogens is 394 g/mol. The number of allylic oxidation sites excluding steroid dienone is 4. The lowest BCUT2D eigenvalue weighted by molar-refractivity contribution is -0.146. The number of amides is 4. The Balaban J connectivity index is 1.19. The van der Waals surface area contributed by atoms with Crippen molar-refractivity contribution in [2.24, 2.45) is 47.3 Å². The van der Waals surface area contributed by atoms with Crippen LogP contribution in [0.2, 0.25) is 0 Å². The summed E-state index contributed by atoms with van der Waals surface area (Å²) >= 11 is 0. The van der Waals surface area contributed by atoms with Crippen LogP contribution in [0.5, 0.6) is 0 Å². The van der Waals surface area contributed by atoms with Crippen LogP contribution >= 0.6 is 0 Å². The topological polar surface area (TPSA) is 78.0 Å². The SMILES string of the molecule is CCCCN(CN1C(=O)[C@@H]2[C@H](C1=O)[C@@H]1C=C[C@H]2C1)CN1C(=O)[C@@H]2[C@H](C1=O)[C@@H]1C=C[C@H]2C1. The molecule has 0 aromatic rings. The third kappa shape index (κ3) is 2.62. The molecule has 4 aliphatic carbocycles. The standard InChI is InChI=1S/C24H29N3O4/c1-2-3-8-25(11-26-21(28)17-13-4-5-14(9-13)18(17)22(26)29)12-27-23(30)19-15-6-7-16(10-15)20(19)24(27)31/h4-7,13-20H,2-3,8-12H2,1H3/t13-,14+,15-,16+,17-,18+,19-,20+. The van der Waals surface area contributed by atoms with Crippen LogP contribution in [0, 0.1) is 47.3 Å². The van der Waals surface area contributed by atoms with E-state index in [1.54, 1.807) is 0 Å². The monoisotopic (exact) mass is 423 g/mol. The van der Waals surface area contributed by atoms with Gasteiger partial charge in [-0.25, -0.2) is 0 Å². The Kier molecular flexibility index (Phi) is 4.29. The van der Waals surface area contributed by atoms with Crippen molar-refractivity contribution in [2.45, 2.75) is 32.6 Å². The molecule has 0 aromatic heterocycles. The zero-order valence-corrected chi connectivity index (χ0v) is 17.9. The molecule has 31 heavy (non-hydrogen) atoms. The summed E-state index contributed by atoms with van der Waals surface area (Å²) in [5, 5.41) is 0. The van der Waals surface area contributed by atoms with Gasteiger partial charge in [0.1, 0.15) is 0 Å². The van der Waals surface area contributed by atoms with Gasteiger partial charge in [0.25, 0.3) is 0 Å². The van der Waals surface area contributed by atoms with E-state index in [1.807, 2.05) is 4.90 Å². The maximum Gasteiger partial charge on any atom is 0.234 e. The van der Waals surface area contributed by atoms with Crippen molar-refractivity contribution in [3.8, 4) is 0 Å². The molecule has 2 aliphatic heterocycles. The minimum absolute atomic E-state index is 0.0773. The molecule has 7 heteroatoms. The lowest BCUT2D eigenvalue weighted by atomic mass is 9.85. The molecule has 2 saturated heterocycles. The van der Waals surface area contributed by atoms with Gasteiger partial charge in [0.15, 0.2) is 0 Å². The summed E-state index contributed by atoms with van der Waals surface area (Å²) in [6.07, 6.45) is 12.0. The molecule has 164 valence electrons. The number of imide groups is 2. The Hall–Kier alpha value is -2.28. The van der Waals surface area contributed by atoms with E-state index in [9.17, 15) is 19.2 Å². The first-order valence-corrected chi connectivity index (χ1v) is 11.8. The molecular formula is C24H29N3O4. The second-order valence-corrected chi connectivity index (χ2v) is 10.2. The largest absolute Gasteiger partial charge is 0.274 e. The third-order valence-corrected chi connectivity index (χ3v) is 8.63. The maximum atomic E-state index is 13.1. The molecule has 4 amide bonds. The Morgan fingerprint density at radius 3 is 1.39 bits per heavy atom. The van der Waals surface area contributed by atoms with E-state index < -0.39 is 0 Å². The fourth-order valence-corrected chi connectivity index (χ4v) is 7.17. The van der Waals surface area contributed by atoms with Crippen LogP contribution in [0.15, 0.2) is 24.3 Å². The van der Waals surface area contributed by atoms with Crippen molar-refractivity contribution in [3.05, 3.63) is 24.3 Å². The third-order valence-electron chi connectivity index (χ3n) is 8.63. The molecule has 0 spiro atoms. The number of fused-ring (bicyclic) bond motifs is 10. The number of rotatable bonds is 7. The van der Waals surface area contributed by atoms with E-state index in [0.717, 1.165) is 25.7 Å². The predicted octanol–water partition coefficient (Wildman–Crippen LogP) is 1.62. The number of unbranched alkanes of at least 4 members (excludes halogenated alkanes) is 1. The van der Waals surface area contributed by atoms with Gasteiger partial charge < -0.3 is 0 Å². The Morgan fingerprint density at radius 2 is 1.06 bits per heavy atom. The lowest BCUT2D eigenvalue weighted by Crippen LogP contribution is -2.49. The Bertz CT molecular complexity index is 796. The average molecular weight is 424 g/mol. The number of hydrogen-bond donors (Lipinski definition) is 0. The van der Waals surface area contributed by atoms with Crippen molar-refractivity contribution in [1.29, 1.82) is 0 Å². The fraction of sp³-hybridized carbons (Fsp3) is 0.667. The zero-order valence-electron chi connectivity index (χ0n) is 17.9. The summed E-state index contributed by atoms with van der Waals surface area (Å²) in [5.74, 6) is -0.434. The van der Waals surface area contributed by atoms with E-state index in [1.165, 1.54) is 9.80 Å². The first-order valence-electron chi connectivity index (χ1n) is 11.8. The van der Waals surface area contributed by atoms with Crippen LogP contribution < -0.4 is 0 Å². The highest BCUT2D eigenvalue weighted by atomic mass is 16.2. The number of nitrogens with zero attached hydrogens (tertiary/aromatic N) is 3. The summed E-state index contributed by atoms with van der Waals surface area (Å²) in [7, 11) is 0. The summed E-state index contributed by atoms with van der Waals surface area (Å²) in [6, 6.07) is 0. The molecule has 4 bridgehead atoms. The number of carbonyl (C=O) groups excluding carboxylic acids is 4. The summed E-state index contributed by atoms with van der Waals surface area (Å²) < 4.78 is 0. The van der Waals surface area contributed by atoms with Gasteiger partial charge >= 0.3 is 0 Å².